The van der Waals surface area contributed by atoms with Gasteiger partial charge in [0, 0.05) is 31.4 Å². The molecule has 0 radical (unpaired) electrons. The topological polar surface area (TPSA) is 72.9 Å². The van der Waals surface area contributed by atoms with Crippen molar-refractivity contribution >= 4 is 11.7 Å². The van der Waals surface area contributed by atoms with E-state index < -0.39 is 5.41 Å². The van der Waals surface area contributed by atoms with Crippen LogP contribution in [0.15, 0.2) is 36.5 Å². The van der Waals surface area contributed by atoms with Crippen molar-refractivity contribution in [3.63, 3.8) is 0 Å². The summed E-state index contributed by atoms with van der Waals surface area (Å²) < 4.78 is 16.9. The van der Waals surface area contributed by atoms with Gasteiger partial charge in [-0.2, -0.15) is 0 Å². The van der Waals surface area contributed by atoms with Gasteiger partial charge in [0.1, 0.15) is 19.0 Å². The van der Waals surface area contributed by atoms with Gasteiger partial charge in [-0.1, -0.05) is 25.0 Å². The zero-order chi connectivity index (χ0) is 21.1. The first-order chi connectivity index (χ1) is 15.3. The number of hydrogen-bond acceptors (Lipinski definition) is 6. The quantitative estimate of drug-likeness (QED) is 0.797. The molecular formula is C24H29N3O4. The normalized spacial score (nSPS) is 19.8. The van der Waals surface area contributed by atoms with Crippen molar-refractivity contribution in [2.45, 2.75) is 37.6 Å². The van der Waals surface area contributed by atoms with Crippen molar-refractivity contribution < 1.29 is 19.0 Å². The van der Waals surface area contributed by atoms with Crippen molar-refractivity contribution in [2.75, 3.05) is 44.4 Å². The molecule has 31 heavy (non-hydrogen) atoms. The Hall–Kier alpha value is -2.80. The lowest BCUT2D eigenvalue weighted by molar-refractivity contribution is -0.126. The molecule has 2 aromatic rings. The first-order valence-electron chi connectivity index (χ1n) is 11.2. The maximum atomic E-state index is 13.6. The van der Waals surface area contributed by atoms with Gasteiger partial charge in [0.15, 0.2) is 11.5 Å². The highest BCUT2D eigenvalue weighted by atomic mass is 16.6. The number of rotatable bonds is 5. The monoisotopic (exact) mass is 423 g/mol. The molecular weight excluding hydrogens is 394 g/mol. The fourth-order valence-electron chi connectivity index (χ4n) is 4.94. The van der Waals surface area contributed by atoms with E-state index in [-0.39, 0.29) is 5.91 Å². The number of benzene rings is 1. The Morgan fingerprint density at radius 3 is 2.61 bits per heavy atom. The molecule has 1 saturated heterocycles. The Balaban J connectivity index is 1.35. The van der Waals surface area contributed by atoms with E-state index in [1.54, 1.807) is 0 Å². The van der Waals surface area contributed by atoms with Crippen LogP contribution in [0.3, 0.4) is 0 Å². The molecule has 0 atom stereocenters. The van der Waals surface area contributed by atoms with Crippen LogP contribution in [0.4, 0.5) is 5.82 Å². The van der Waals surface area contributed by atoms with Gasteiger partial charge < -0.3 is 24.4 Å². The second kappa shape index (κ2) is 8.75. The van der Waals surface area contributed by atoms with E-state index >= 15 is 0 Å². The van der Waals surface area contributed by atoms with Crippen LogP contribution >= 0.6 is 0 Å². The average Bonchev–Trinajstić information content (AvgIpc) is 3.34. The Kier molecular flexibility index (Phi) is 5.68. The van der Waals surface area contributed by atoms with E-state index in [9.17, 15) is 4.79 Å². The second-order valence-electron chi connectivity index (χ2n) is 8.42. The molecule has 1 saturated carbocycles. The molecule has 1 aromatic heterocycles. The van der Waals surface area contributed by atoms with E-state index in [1.165, 1.54) is 0 Å². The van der Waals surface area contributed by atoms with Crippen molar-refractivity contribution in [1.29, 1.82) is 0 Å². The largest absolute Gasteiger partial charge is 0.486 e. The molecule has 0 unspecified atom stereocenters. The Bertz CT molecular complexity index is 936. The van der Waals surface area contributed by atoms with Gasteiger partial charge in [0.2, 0.25) is 5.91 Å². The Morgan fingerprint density at radius 1 is 1.03 bits per heavy atom. The minimum absolute atomic E-state index is 0.0819. The summed E-state index contributed by atoms with van der Waals surface area (Å²) in [5.41, 5.74) is 1.54. The number of ether oxygens (including phenoxy) is 3. The number of anilines is 1. The molecule has 1 amide bonds. The maximum absolute atomic E-state index is 13.6. The highest BCUT2D eigenvalue weighted by Gasteiger charge is 2.43. The average molecular weight is 424 g/mol. The van der Waals surface area contributed by atoms with E-state index in [0.717, 1.165) is 67.2 Å². The molecule has 164 valence electrons. The van der Waals surface area contributed by atoms with Crippen LogP contribution in [0.5, 0.6) is 11.5 Å². The van der Waals surface area contributed by atoms with Crippen LogP contribution in [-0.2, 0) is 21.5 Å². The molecule has 0 spiro atoms. The van der Waals surface area contributed by atoms with Gasteiger partial charge in [-0.05, 0) is 36.6 Å². The smallest absolute Gasteiger partial charge is 0.230 e. The van der Waals surface area contributed by atoms with E-state index in [1.807, 2.05) is 36.5 Å². The van der Waals surface area contributed by atoms with Crippen molar-refractivity contribution in [3.05, 3.63) is 47.7 Å². The minimum atomic E-state index is -0.517. The molecule has 0 bridgehead atoms. The summed E-state index contributed by atoms with van der Waals surface area (Å²) in [5.74, 6) is 2.52. The summed E-state index contributed by atoms with van der Waals surface area (Å²) in [4.78, 5) is 20.4. The molecule has 2 aliphatic heterocycles. The highest BCUT2D eigenvalue weighted by Crippen LogP contribution is 2.44. The summed E-state index contributed by atoms with van der Waals surface area (Å²) in [6, 6.07) is 9.94. The first kappa shape index (κ1) is 20.1. The molecule has 1 N–H and O–H groups in total. The third-order valence-electron chi connectivity index (χ3n) is 6.60. The summed E-state index contributed by atoms with van der Waals surface area (Å²) in [6.07, 6.45) is 5.61. The van der Waals surface area contributed by atoms with Crippen molar-refractivity contribution in [1.82, 2.24) is 10.3 Å². The zero-order valence-corrected chi connectivity index (χ0v) is 17.8. The molecule has 3 heterocycles. The number of nitrogens with one attached hydrogen (secondary N) is 1. The predicted octanol–water partition coefficient (Wildman–Crippen LogP) is 2.82. The number of nitrogens with zero attached hydrogens (tertiary/aromatic N) is 2. The minimum Gasteiger partial charge on any atom is -0.486 e. The fraction of sp³-hybridized carbons (Fsp3) is 0.500. The summed E-state index contributed by atoms with van der Waals surface area (Å²) in [5, 5.41) is 3.23. The summed E-state index contributed by atoms with van der Waals surface area (Å²) in [7, 11) is 0. The molecule has 1 aliphatic carbocycles. The van der Waals surface area contributed by atoms with E-state index in [2.05, 4.69) is 15.2 Å². The van der Waals surface area contributed by atoms with Gasteiger partial charge in [-0.15, -0.1) is 0 Å². The van der Waals surface area contributed by atoms with Crippen LogP contribution in [0.2, 0.25) is 0 Å². The number of hydrogen-bond donors (Lipinski definition) is 1. The van der Waals surface area contributed by atoms with Gasteiger partial charge in [0.05, 0.1) is 18.6 Å². The molecule has 1 aromatic carbocycles. The number of morpholine rings is 1. The lowest BCUT2D eigenvalue weighted by Gasteiger charge is -2.31. The van der Waals surface area contributed by atoms with Gasteiger partial charge in [-0.25, -0.2) is 4.98 Å². The van der Waals surface area contributed by atoms with E-state index in [0.29, 0.717) is 33.0 Å². The molecule has 5 rings (SSSR count). The third kappa shape index (κ3) is 3.94. The van der Waals surface area contributed by atoms with Crippen LogP contribution in [0.1, 0.15) is 36.8 Å². The number of fused-ring (bicyclic) bond motifs is 1. The molecule has 3 aliphatic rings. The first-order valence-corrected chi connectivity index (χ1v) is 11.2. The zero-order valence-electron chi connectivity index (χ0n) is 17.8. The lowest BCUT2D eigenvalue weighted by Crippen LogP contribution is -2.43. The van der Waals surface area contributed by atoms with Gasteiger partial charge in [-0.3, -0.25) is 4.79 Å². The number of carbonyl (C=O) groups is 1. The number of carbonyl (C=O) groups excluding carboxylic acids is 1. The van der Waals surface area contributed by atoms with Gasteiger partial charge >= 0.3 is 0 Å². The SMILES string of the molecule is O=C(NCc1cccnc1N1CCOCC1)C1(c2ccc3c(c2)OCCO3)CCCC1. The summed E-state index contributed by atoms with van der Waals surface area (Å²) in [6.45, 7) is 4.62. The highest BCUT2D eigenvalue weighted by molar-refractivity contribution is 5.89. The van der Waals surface area contributed by atoms with Crippen molar-refractivity contribution in [3.8, 4) is 11.5 Å². The summed E-state index contributed by atoms with van der Waals surface area (Å²) >= 11 is 0. The predicted molar refractivity (Wildman–Crippen MR) is 117 cm³/mol. The molecule has 7 nitrogen and oxygen atoms in total. The number of pyridine rings is 1. The Morgan fingerprint density at radius 2 is 1.81 bits per heavy atom. The fourth-order valence-corrected chi connectivity index (χ4v) is 4.94. The van der Waals surface area contributed by atoms with Crippen LogP contribution < -0.4 is 19.7 Å². The van der Waals surface area contributed by atoms with Crippen molar-refractivity contribution in [2.24, 2.45) is 0 Å². The maximum Gasteiger partial charge on any atom is 0.230 e. The number of aromatic nitrogens is 1. The Labute approximate surface area is 182 Å². The molecule has 7 heteroatoms. The third-order valence-corrected chi connectivity index (χ3v) is 6.60. The van der Waals surface area contributed by atoms with E-state index in [4.69, 9.17) is 14.2 Å². The second-order valence-corrected chi connectivity index (χ2v) is 8.42. The lowest BCUT2D eigenvalue weighted by atomic mass is 9.77. The van der Waals surface area contributed by atoms with Gasteiger partial charge in [0.25, 0.3) is 0 Å². The van der Waals surface area contributed by atoms with Crippen LogP contribution in [-0.4, -0.2) is 50.4 Å². The van der Waals surface area contributed by atoms with Crippen LogP contribution in [0.25, 0.3) is 0 Å². The standard InChI is InChI=1S/C24H29N3O4/c28-23(26-17-18-4-3-9-25-22(18)27-10-12-29-13-11-27)24(7-1-2-8-24)19-5-6-20-21(16-19)31-15-14-30-20/h3-6,9,16H,1-2,7-8,10-15,17H2,(H,26,28). The van der Waals surface area contributed by atoms with Crippen LogP contribution in [0, 0.1) is 0 Å². The number of amides is 1. The molecule has 2 fully saturated rings.